The summed E-state index contributed by atoms with van der Waals surface area (Å²) in [5, 5.41) is 14.2. The van der Waals surface area contributed by atoms with Gasteiger partial charge in [-0.15, -0.1) is 0 Å². The molecule has 23 heavy (non-hydrogen) atoms. The zero-order valence-electron chi connectivity index (χ0n) is 13.7. The first-order valence-electron chi connectivity index (χ1n) is 7.41. The van der Waals surface area contributed by atoms with Crippen molar-refractivity contribution in [3.8, 4) is 22.6 Å². The van der Waals surface area contributed by atoms with Gasteiger partial charge in [0.1, 0.15) is 0 Å². The van der Waals surface area contributed by atoms with Crippen LogP contribution in [0.3, 0.4) is 0 Å². The van der Waals surface area contributed by atoms with E-state index in [1.165, 1.54) is 12.3 Å². The summed E-state index contributed by atoms with van der Waals surface area (Å²) in [6.07, 6.45) is 1.46. The van der Waals surface area contributed by atoms with Crippen molar-refractivity contribution in [3.05, 3.63) is 63.8 Å². The highest BCUT2D eigenvalue weighted by Crippen LogP contribution is 2.28. The second kappa shape index (κ2) is 5.43. The van der Waals surface area contributed by atoms with Crippen molar-refractivity contribution in [1.29, 1.82) is 0 Å². The van der Waals surface area contributed by atoms with Gasteiger partial charge in [-0.25, -0.2) is 0 Å². The number of aromatic hydroxyl groups is 1. The fourth-order valence-corrected chi connectivity index (χ4v) is 2.90. The van der Waals surface area contributed by atoms with Gasteiger partial charge >= 0.3 is 0 Å². The average molecular weight is 309 g/mol. The molecular formula is C18H19N3O2. The van der Waals surface area contributed by atoms with Gasteiger partial charge in [-0.05, 0) is 38.5 Å². The van der Waals surface area contributed by atoms with Crippen LogP contribution in [-0.2, 0) is 7.05 Å². The van der Waals surface area contributed by atoms with E-state index in [4.69, 9.17) is 0 Å². The predicted octanol–water partition coefficient (Wildman–Crippen LogP) is 2.87. The predicted molar refractivity (Wildman–Crippen MR) is 90.1 cm³/mol. The highest BCUT2D eigenvalue weighted by atomic mass is 16.3. The lowest BCUT2D eigenvalue weighted by molar-refractivity contribution is 0.465. The Labute approximate surface area is 134 Å². The fourth-order valence-electron chi connectivity index (χ4n) is 2.90. The first-order chi connectivity index (χ1) is 10.9. The van der Waals surface area contributed by atoms with Gasteiger partial charge in [-0.3, -0.25) is 9.48 Å². The number of hydrogen-bond acceptors (Lipinski definition) is 3. The van der Waals surface area contributed by atoms with Crippen LogP contribution in [0.5, 0.6) is 5.75 Å². The Bertz CT molecular complexity index is 951. The van der Waals surface area contributed by atoms with E-state index in [-0.39, 0.29) is 11.2 Å². The van der Waals surface area contributed by atoms with Gasteiger partial charge in [0.15, 0.2) is 5.75 Å². The molecule has 0 atom stereocenters. The van der Waals surface area contributed by atoms with Crippen molar-refractivity contribution >= 4 is 0 Å². The summed E-state index contributed by atoms with van der Waals surface area (Å²) >= 11 is 0. The van der Waals surface area contributed by atoms with E-state index < -0.39 is 0 Å². The summed E-state index contributed by atoms with van der Waals surface area (Å²) in [6.45, 7) is 5.87. The summed E-state index contributed by atoms with van der Waals surface area (Å²) in [5.74, 6) is -0.255. The minimum Gasteiger partial charge on any atom is -0.503 e. The molecule has 0 saturated heterocycles. The molecule has 2 aromatic heterocycles. The van der Waals surface area contributed by atoms with Crippen LogP contribution < -0.4 is 5.43 Å². The average Bonchev–Trinajstić information content (AvgIpc) is 2.76. The zero-order valence-corrected chi connectivity index (χ0v) is 13.7. The van der Waals surface area contributed by atoms with Crippen LogP contribution in [0, 0.1) is 20.8 Å². The lowest BCUT2D eigenvalue weighted by Crippen LogP contribution is -2.08. The molecule has 0 aliphatic carbocycles. The Morgan fingerprint density at radius 3 is 2.52 bits per heavy atom. The number of aryl methyl sites for hydroxylation is 3. The molecule has 1 aromatic carbocycles. The minimum absolute atomic E-state index is 0.255. The van der Waals surface area contributed by atoms with Gasteiger partial charge in [0.25, 0.3) is 0 Å². The number of benzene rings is 1. The molecule has 0 fully saturated rings. The largest absolute Gasteiger partial charge is 0.503 e. The Morgan fingerprint density at radius 1 is 1.13 bits per heavy atom. The number of aromatic nitrogens is 3. The van der Waals surface area contributed by atoms with Crippen LogP contribution in [0.25, 0.3) is 16.8 Å². The normalized spacial score (nSPS) is 11.0. The van der Waals surface area contributed by atoms with Crippen molar-refractivity contribution < 1.29 is 5.11 Å². The molecule has 0 saturated carbocycles. The van der Waals surface area contributed by atoms with Gasteiger partial charge in [0, 0.05) is 35.8 Å². The molecule has 1 N–H and O–H groups in total. The number of nitrogens with zero attached hydrogens (tertiary/aromatic N) is 3. The number of hydrogen-bond donors (Lipinski definition) is 1. The Morgan fingerprint density at radius 2 is 1.87 bits per heavy atom. The standard InChI is InChI=1S/C18H19N3O2/c1-11-8-16(22)17(23)10-21(11)15-7-5-6-14(9-15)18-12(2)19-20(4)13(18)3/h5-10,23H,1-4H3. The number of pyridine rings is 1. The summed E-state index contributed by atoms with van der Waals surface area (Å²) in [6, 6.07) is 9.42. The molecule has 5 nitrogen and oxygen atoms in total. The second-order valence-electron chi connectivity index (χ2n) is 5.75. The van der Waals surface area contributed by atoms with Gasteiger partial charge in [0.05, 0.1) is 11.9 Å². The lowest BCUT2D eigenvalue weighted by atomic mass is 10.0. The van der Waals surface area contributed by atoms with Crippen LogP contribution in [0.1, 0.15) is 17.1 Å². The van der Waals surface area contributed by atoms with Gasteiger partial charge in [0.2, 0.25) is 5.43 Å². The minimum atomic E-state index is -0.367. The van der Waals surface area contributed by atoms with Crippen LogP contribution in [0.15, 0.2) is 41.3 Å². The zero-order chi connectivity index (χ0) is 16.7. The van der Waals surface area contributed by atoms with Gasteiger partial charge in [-0.2, -0.15) is 5.10 Å². The molecule has 0 spiro atoms. The molecule has 0 amide bonds. The van der Waals surface area contributed by atoms with Crippen molar-refractivity contribution in [2.75, 3.05) is 0 Å². The van der Waals surface area contributed by atoms with E-state index >= 15 is 0 Å². The maximum atomic E-state index is 11.5. The Hall–Kier alpha value is -2.82. The molecule has 0 unspecified atom stereocenters. The van der Waals surface area contributed by atoms with Crippen molar-refractivity contribution in [2.24, 2.45) is 7.05 Å². The third kappa shape index (κ3) is 2.54. The highest BCUT2D eigenvalue weighted by Gasteiger charge is 2.12. The SMILES string of the molecule is Cc1nn(C)c(C)c1-c1cccc(-n2cc(O)c(=O)cc2C)c1. The van der Waals surface area contributed by atoms with E-state index in [0.717, 1.165) is 33.9 Å². The first-order valence-corrected chi connectivity index (χ1v) is 7.41. The van der Waals surface area contributed by atoms with E-state index in [2.05, 4.69) is 5.10 Å². The maximum Gasteiger partial charge on any atom is 0.223 e. The Kier molecular flexibility index (Phi) is 3.56. The molecule has 0 aliphatic heterocycles. The molecular weight excluding hydrogens is 290 g/mol. The smallest absolute Gasteiger partial charge is 0.223 e. The van der Waals surface area contributed by atoms with Gasteiger partial charge in [-0.1, -0.05) is 12.1 Å². The summed E-state index contributed by atoms with van der Waals surface area (Å²) in [4.78, 5) is 11.5. The van der Waals surface area contributed by atoms with Crippen LogP contribution in [-0.4, -0.2) is 19.5 Å². The first kappa shape index (κ1) is 15.1. The van der Waals surface area contributed by atoms with Crippen LogP contribution >= 0.6 is 0 Å². The third-order valence-electron chi connectivity index (χ3n) is 4.15. The molecule has 0 radical (unpaired) electrons. The molecule has 3 aromatic rings. The third-order valence-corrected chi connectivity index (χ3v) is 4.15. The number of rotatable bonds is 2. The molecule has 2 heterocycles. The monoisotopic (exact) mass is 309 g/mol. The van der Waals surface area contributed by atoms with Gasteiger partial charge < -0.3 is 9.67 Å². The molecule has 0 aliphatic rings. The molecule has 5 heteroatoms. The fraction of sp³-hybridized carbons (Fsp3) is 0.222. The maximum absolute atomic E-state index is 11.5. The summed E-state index contributed by atoms with van der Waals surface area (Å²) in [7, 11) is 1.93. The quantitative estimate of drug-likeness (QED) is 0.792. The molecule has 118 valence electrons. The van der Waals surface area contributed by atoms with Crippen molar-refractivity contribution in [1.82, 2.24) is 14.3 Å². The topological polar surface area (TPSA) is 60.1 Å². The summed E-state index contributed by atoms with van der Waals surface area (Å²) in [5.41, 5.74) is 5.53. The van der Waals surface area contributed by atoms with Crippen LogP contribution in [0.4, 0.5) is 0 Å². The van der Waals surface area contributed by atoms with Crippen LogP contribution in [0.2, 0.25) is 0 Å². The van der Waals surface area contributed by atoms with Crippen molar-refractivity contribution in [2.45, 2.75) is 20.8 Å². The highest BCUT2D eigenvalue weighted by molar-refractivity contribution is 5.70. The molecule has 0 bridgehead atoms. The Balaban J connectivity index is 2.18. The van der Waals surface area contributed by atoms with E-state index in [1.807, 2.05) is 56.8 Å². The second-order valence-corrected chi connectivity index (χ2v) is 5.75. The lowest BCUT2D eigenvalue weighted by Gasteiger charge is -2.12. The van der Waals surface area contributed by atoms with Crippen molar-refractivity contribution in [3.63, 3.8) is 0 Å². The van der Waals surface area contributed by atoms with E-state index in [9.17, 15) is 9.90 Å². The van der Waals surface area contributed by atoms with E-state index in [0.29, 0.717) is 0 Å². The summed E-state index contributed by atoms with van der Waals surface area (Å²) < 4.78 is 3.68. The molecule has 3 rings (SSSR count). The van der Waals surface area contributed by atoms with E-state index in [1.54, 1.807) is 4.57 Å².